The zero-order valence-corrected chi connectivity index (χ0v) is 13.6. The van der Waals surface area contributed by atoms with E-state index in [1.54, 1.807) is 0 Å². The molecule has 0 bridgehead atoms. The Morgan fingerprint density at radius 2 is 1.95 bits per heavy atom. The first-order valence-electron chi connectivity index (χ1n) is 5.99. The Balaban J connectivity index is 1.76. The number of aromatic nitrogens is 1. The molecule has 0 amide bonds. The Morgan fingerprint density at radius 1 is 1.15 bits per heavy atom. The minimum absolute atomic E-state index is 0.112. The lowest BCUT2D eigenvalue weighted by molar-refractivity contribution is 0.0993. The Labute approximate surface area is 133 Å². The lowest BCUT2D eigenvalue weighted by atomic mass is 10.1. The Hall–Kier alpha value is -1.30. The monoisotopic (exact) mass is 363 g/mol. The maximum atomic E-state index is 12.1. The summed E-state index contributed by atoms with van der Waals surface area (Å²) in [6.07, 6.45) is 0.362. The number of hydrogen-bond donors (Lipinski definition) is 0. The van der Waals surface area contributed by atoms with Crippen LogP contribution in [0.1, 0.15) is 15.4 Å². The molecule has 2 aromatic heterocycles. The van der Waals surface area contributed by atoms with Crippen molar-refractivity contribution in [1.29, 1.82) is 0 Å². The van der Waals surface area contributed by atoms with E-state index >= 15 is 0 Å². The third-order valence-corrected chi connectivity index (χ3v) is 5.18. The number of ketones is 1. The van der Waals surface area contributed by atoms with Gasteiger partial charge in [0, 0.05) is 21.9 Å². The number of Topliss-reactive ketones (excluding diaryl/α,β-unsaturated/α-hetero) is 1. The van der Waals surface area contributed by atoms with Gasteiger partial charge in [-0.25, -0.2) is 4.98 Å². The smallest absolute Gasteiger partial charge is 0.170 e. The van der Waals surface area contributed by atoms with Crippen LogP contribution >= 0.6 is 38.6 Å². The second kappa shape index (κ2) is 5.99. The number of thiophene rings is 1. The molecule has 2 heterocycles. The number of nitrogens with zero attached hydrogens (tertiary/aromatic N) is 1. The van der Waals surface area contributed by atoms with E-state index < -0.39 is 0 Å². The van der Waals surface area contributed by atoms with Crippen LogP contribution in [0.3, 0.4) is 0 Å². The van der Waals surface area contributed by atoms with Crippen LogP contribution in [0.2, 0.25) is 0 Å². The van der Waals surface area contributed by atoms with Gasteiger partial charge in [0.2, 0.25) is 0 Å². The van der Waals surface area contributed by atoms with E-state index in [0.717, 1.165) is 25.6 Å². The van der Waals surface area contributed by atoms with Gasteiger partial charge < -0.3 is 0 Å². The van der Waals surface area contributed by atoms with Crippen molar-refractivity contribution in [2.24, 2.45) is 0 Å². The van der Waals surface area contributed by atoms with Gasteiger partial charge in [-0.1, -0.05) is 30.3 Å². The van der Waals surface area contributed by atoms with Crippen molar-refractivity contribution in [2.75, 3.05) is 0 Å². The highest BCUT2D eigenvalue weighted by Crippen LogP contribution is 2.24. The zero-order chi connectivity index (χ0) is 13.9. The minimum Gasteiger partial charge on any atom is -0.294 e. The van der Waals surface area contributed by atoms with Crippen molar-refractivity contribution < 1.29 is 4.79 Å². The lowest BCUT2D eigenvalue weighted by Gasteiger charge is -1.95. The third-order valence-electron chi connectivity index (χ3n) is 2.82. The summed E-state index contributed by atoms with van der Waals surface area (Å²) in [4.78, 5) is 16.7. The molecule has 100 valence electrons. The molecule has 2 nitrogen and oxygen atoms in total. The summed E-state index contributed by atoms with van der Waals surface area (Å²) in [7, 11) is 0. The van der Waals surface area contributed by atoms with E-state index in [0.29, 0.717) is 6.42 Å². The van der Waals surface area contributed by atoms with Crippen molar-refractivity contribution in [2.45, 2.75) is 6.42 Å². The number of rotatable bonds is 4. The van der Waals surface area contributed by atoms with E-state index in [1.165, 1.54) is 22.7 Å². The van der Waals surface area contributed by atoms with Gasteiger partial charge in [0.25, 0.3) is 0 Å². The van der Waals surface area contributed by atoms with E-state index in [1.807, 2.05) is 47.2 Å². The highest BCUT2D eigenvalue weighted by atomic mass is 79.9. The van der Waals surface area contributed by atoms with Crippen LogP contribution in [-0.2, 0) is 6.42 Å². The summed E-state index contributed by atoms with van der Waals surface area (Å²) in [5, 5.41) is 4.73. The average Bonchev–Trinajstić information content (AvgIpc) is 3.09. The number of carbonyl (C=O) groups is 1. The normalized spacial score (nSPS) is 10.7. The van der Waals surface area contributed by atoms with Crippen LogP contribution < -0.4 is 0 Å². The molecule has 3 aromatic rings. The molecule has 0 unspecified atom stereocenters. The Kier molecular flexibility index (Phi) is 4.10. The summed E-state index contributed by atoms with van der Waals surface area (Å²) >= 11 is 6.43. The fourth-order valence-electron chi connectivity index (χ4n) is 1.83. The van der Waals surface area contributed by atoms with Crippen LogP contribution in [-0.4, -0.2) is 10.8 Å². The first-order chi connectivity index (χ1) is 9.72. The number of carbonyl (C=O) groups excluding carboxylic acids is 1. The molecule has 0 radical (unpaired) electrons. The summed E-state index contributed by atoms with van der Waals surface area (Å²) in [6.45, 7) is 0. The van der Waals surface area contributed by atoms with Gasteiger partial charge in [0.05, 0.1) is 15.9 Å². The topological polar surface area (TPSA) is 30.0 Å². The van der Waals surface area contributed by atoms with Crippen molar-refractivity contribution >= 4 is 44.4 Å². The number of halogens is 1. The Bertz CT molecular complexity index is 733. The van der Waals surface area contributed by atoms with Gasteiger partial charge in [-0.2, -0.15) is 0 Å². The molecule has 0 atom stereocenters. The van der Waals surface area contributed by atoms with Crippen LogP contribution in [0, 0.1) is 0 Å². The molecular formula is C15H10BrNOS2. The molecule has 1 aromatic carbocycles. The van der Waals surface area contributed by atoms with Crippen molar-refractivity contribution in [3.05, 3.63) is 61.5 Å². The fourth-order valence-corrected chi connectivity index (χ4v) is 3.79. The van der Waals surface area contributed by atoms with E-state index in [4.69, 9.17) is 0 Å². The summed E-state index contributed by atoms with van der Waals surface area (Å²) in [5.74, 6) is 0.112. The second-order valence-corrected chi connectivity index (χ2v) is 7.47. The van der Waals surface area contributed by atoms with Crippen molar-refractivity contribution in [3.63, 3.8) is 0 Å². The molecule has 0 aliphatic rings. The van der Waals surface area contributed by atoms with Gasteiger partial charge in [-0.15, -0.1) is 22.7 Å². The van der Waals surface area contributed by atoms with Crippen molar-refractivity contribution in [1.82, 2.24) is 4.98 Å². The first kappa shape index (κ1) is 13.7. The molecule has 0 fully saturated rings. The number of thiazole rings is 1. The van der Waals surface area contributed by atoms with E-state index in [2.05, 4.69) is 20.9 Å². The lowest BCUT2D eigenvalue weighted by Crippen LogP contribution is -2.01. The summed E-state index contributed by atoms with van der Waals surface area (Å²) < 4.78 is 0.977. The largest absolute Gasteiger partial charge is 0.294 e. The van der Waals surface area contributed by atoms with E-state index in [-0.39, 0.29) is 5.78 Å². The molecule has 0 spiro atoms. The zero-order valence-electron chi connectivity index (χ0n) is 10.4. The van der Waals surface area contributed by atoms with Crippen LogP contribution in [0.5, 0.6) is 0 Å². The second-order valence-electron chi connectivity index (χ2n) is 4.23. The predicted octanol–water partition coefficient (Wildman–Crippen LogP) is 5.06. The molecular weight excluding hydrogens is 354 g/mol. The molecule has 0 aliphatic carbocycles. The molecule has 3 rings (SSSR count). The van der Waals surface area contributed by atoms with Crippen LogP contribution in [0.4, 0.5) is 0 Å². The van der Waals surface area contributed by atoms with Gasteiger partial charge >= 0.3 is 0 Å². The highest BCUT2D eigenvalue weighted by Gasteiger charge is 2.12. The molecule has 5 heteroatoms. The third kappa shape index (κ3) is 3.06. The summed E-state index contributed by atoms with van der Waals surface area (Å²) in [5.41, 5.74) is 2.77. The van der Waals surface area contributed by atoms with Gasteiger partial charge in [-0.05, 0) is 22.0 Å². The number of benzene rings is 1. The van der Waals surface area contributed by atoms with Gasteiger partial charge in [0.15, 0.2) is 5.78 Å². The quantitative estimate of drug-likeness (QED) is 0.606. The first-order valence-corrected chi connectivity index (χ1v) is 8.54. The standard InChI is InChI=1S/C15H10BrNOS2/c16-14-6-11(8-19-14)13(18)7-15-17-12(9-20-15)10-4-2-1-3-5-10/h1-6,8-9H,7H2. The summed E-state index contributed by atoms with van der Waals surface area (Å²) in [6, 6.07) is 11.9. The number of hydrogen-bond acceptors (Lipinski definition) is 4. The molecule has 0 saturated carbocycles. The predicted molar refractivity (Wildman–Crippen MR) is 87.6 cm³/mol. The van der Waals surface area contributed by atoms with Gasteiger partial charge in [0.1, 0.15) is 5.01 Å². The maximum absolute atomic E-state index is 12.1. The van der Waals surface area contributed by atoms with Gasteiger partial charge in [-0.3, -0.25) is 4.79 Å². The highest BCUT2D eigenvalue weighted by molar-refractivity contribution is 9.11. The fraction of sp³-hybridized carbons (Fsp3) is 0.0667. The molecule has 0 N–H and O–H groups in total. The van der Waals surface area contributed by atoms with Crippen LogP contribution in [0.25, 0.3) is 11.3 Å². The maximum Gasteiger partial charge on any atom is 0.170 e. The molecule has 20 heavy (non-hydrogen) atoms. The average molecular weight is 364 g/mol. The van der Waals surface area contributed by atoms with E-state index in [9.17, 15) is 4.79 Å². The molecule has 0 saturated heterocycles. The molecule has 0 aliphatic heterocycles. The van der Waals surface area contributed by atoms with Crippen LogP contribution in [0.15, 0.2) is 50.9 Å². The van der Waals surface area contributed by atoms with Crippen molar-refractivity contribution in [3.8, 4) is 11.3 Å². The SMILES string of the molecule is O=C(Cc1nc(-c2ccccc2)cs1)c1csc(Br)c1. The Morgan fingerprint density at radius 3 is 2.65 bits per heavy atom. The minimum atomic E-state index is 0.112.